The van der Waals surface area contributed by atoms with E-state index in [0.717, 1.165) is 4.90 Å². The molecule has 1 aromatic rings. The fraction of sp³-hybridized carbons (Fsp3) is 0.417. The van der Waals surface area contributed by atoms with Crippen LogP contribution >= 0.6 is 12.6 Å². The van der Waals surface area contributed by atoms with Crippen molar-refractivity contribution in [3.63, 3.8) is 0 Å². The Balaban J connectivity index is 2.60. The zero-order valence-electron chi connectivity index (χ0n) is 9.54. The van der Waals surface area contributed by atoms with Crippen LogP contribution in [-0.4, -0.2) is 28.9 Å². The second-order valence-corrected chi connectivity index (χ2v) is 4.13. The molecule has 0 aliphatic heterocycles. The van der Waals surface area contributed by atoms with E-state index in [1.807, 2.05) is 0 Å². The smallest absolute Gasteiger partial charge is 0.308 e. The van der Waals surface area contributed by atoms with Crippen LogP contribution in [0.5, 0.6) is 0 Å². The van der Waals surface area contributed by atoms with Crippen LogP contribution in [0.1, 0.15) is 25.0 Å². The number of carbonyl (C=O) groups is 1. The van der Waals surface area contributed by atoms with Crippen LogP contribution in [0.4, 0.5) is 0 Å². The van der Waals surface area contributed by atoms with E-state index in [1.54, 1.807) is 31.2 Å². The van der Waals surface area contributed by atoms with Crippen molar-refractivity contribution in [2.45, 2.75) is 30.4 Å². The summed E-state index contributed by atoms with van der Waals surface area (Å²) in [5.74, 6) is -0.523. The van der Waals surface area contributed by atoms with Crippen molar-refractivity contribution in [1.82, 2.24) is 0 Å². The molecule has 4 nitrogen and oxygen atoms in total. The molecule has 0 amide bonds. The number of rotatable bonds is 5. The van der Waals surface area contributed by atoms with Crippen LogP contribution in [0.25, 0.3) is 0 Å². The van der Waals surface area contributed by atoms with E-state index in [2.05, 4.69) is 12.6 Å². The first-order valence-electron chi connectivity index (χ1n) is 5.35. The van der Waals surface area contributed by atoms with E-state index in [0.29, 0.717) is 5.56 Å². The summed E-state index contributed by atoms with van der Waals surface area (Å²) in [5.41, 5.74) is 0.541. The highest BCUT2D eigenvalue weighted by molar-refractivity contribution is 7.80. The molecule has 2 unspecified atom stereocenters. The Labute approximate surface area is 106 Å². The predicted octanol–water partition coefficient (Wildman–Crippen LogP) is 1.32. The maximum atomic E-state index is 11.1. The molecule has 2 N–H and O–H groups in total. The molecule has 0 fully saturated rings. The Bertz CT molecular complexity index is 363. The van der Waals surface area contributed by atoms with Crippen LogP contribution in [-0.2, 0) is 9.53 Å². The van der Waals surface area contributed by atoms with E-state index in [9.17, 15) is 15.0 Å². The van der Waals surface area contributed by atoms with Gasteiger partial charge in [-0.2, -0.15) is 0 Å². The lowest BCUT2D eigenvalue weighted by molar-refractivity contribution is -0.147. The average Bonchev–Trinajstić information content (AvgIpc) is 2.29. The van der Waals surface area contributed by atoms with Gasteiger partial charge in [0, 0.05) is 4.90 Å². The lowest BCUT2D eigenvalue weighted by Crippen LogP contribution is -2.23. The molecular weight excluding hydrogens is 240 g/mol. The molecule has 0 saturated heterocycles. The topological polar surface area (TPSA) is 66.8 Å². The van der Waals surface area contributed by atoms with E-state index < -0.39 is 18.2 Å². The average molecular weight is 256 g/mol. The zero-order valence-corrected chi connectivity index (χ0v) is 10.4. The van der Waals surface area contributed by atoms with E-state index in [1.165, 1.54) is 0 Å². The van der Waals surface area contributed by atoms with Gasteiger partial charge in [-0.3, -0.25) is 4.79 Å². The Morgan fingerprint density at radius 1 is 1.35 bits per heavy atom. The first-order chi connectivity index (χ1) is 8.04. The second kappa shape index (κ2) is 6.64. The molecule has 0 spiro atoms. The van der Waals surface area contributed by atoms with Gasteiger partial charge in [-0.05, 0) is 24.6 Å². The van der Waals surface area contributed by atoms with Crippen LogP contribution in [0.15, 0.2) is 29.2 Å². The number of thiol groups is 1. The van der Waals surface area contributed by atoms with Crippen molar-refractivity contribution in [2.24, 2.45) is 0 Å². The third-order valence-corrected chi connectivity index (χ3v) is 2.58. The van der Waals surface area contributed by atoms with E-state index >= 15 is 0 Å². The molecule has 0 bridgehead atoms. The summed E-state index contributed by atoms with van der Waals surface area (Å²) in [5, 5.41) is 19.5. The van der Waals surface area contributed by atoms with Crippen molar-refractivity contribution >= 4 is 18.6 Å². The second-order valence-electron chi connectivity index (χ2n) is 3.61. The molecule has 1 rings (SSSR count). The van der Waals surface area contributed by atoms with Crippen LogP contribution in [0.3, 0.4) is 0 Å². The minimum Gasteiger partial charge on any atom is -0.466 e. The molecule has 94 valence electrons. The summed E-state index contributed by atoms with van der Waals surface area (Å²) >= 11 is 4.12. The van der Waals surface area contributed by atoms with E-state index in [4.69, 9.17) is 4.74 Å². The molecule has 1 aromatic carbocycles. The third-order valence-electron chi connectivity index (χ3n) is 2.28. The third kappa shape index (κ3) is 4.38. The molecular formula is C12H16O4S. The summed E-state index contributed by atoms with van der Waals surface area (Å²) in [7, 11) is 0. The Morgan fingerprint density at radius 2 is 1.94 bits per heavy atom. The first kappa shape index (κ1) is 14.0. The zero-order chi connectivity index (χ0) is 12.8. The quantitative estimate of drug-likeness (QED) is 0.549. The van der Waals surface area contributed by atoms with Gasteiger partial charge in [0.1, 0.15) is 6.10 Å². The van der Waals surface area contributed by atoms with Crippen molar-refractivity contribution in [3.8, 4) is 0 Å². The summed E-state index contributed by atoms with van der Waals surface area (Å²) in [6.45, 7) is 1.95. The fourth-order valence-corrected chi connectivity index (χ4v) is 1.55. The number of benzene rings is 1. The highest BCUT2D eigenvalue weighted by Gasteiger charge is 2.21. The summed E-state index contributed by atoms with van der Waals surface area (Å²) in [6, 6.07) is 6.72. The molecule has 5 heteroatoms. The van der Waals surface area contributed by atoms with Gasteiger partial charge >= 0.3 is 5.97 Å². The van der Waals surface area contributed by atoms with Gasteiger partial charge in [-0.25, -0.2) is 0 Å². The number of aliphatic hydroxyl groups excluding tert-OH is 2. The van der Waals surface area contributed by atoms with Crippen LogP contribution in [0.2, 0.25) is 0 Å². The lowest BCUT2D eigenvalue weighted by atomic mass is 10.0. The number of esters is 1. The molecule has 0 aromatic heterocycles. The Hall–Kier alpha value is -1.04. The first-order valence-corrected chi connectivity index (χ1v) is 5.80. The van der Waals surface area contributed by atoms with Crippen molar-refractivity contribution in [3.05, 3.63) is 29.8 Å². The number of aliphatic hydroxyl groups is 2. The fourth-order valence-electron chi connectivity index (χ4n) is 1.40. The van der Waals surface area contributed by atoms with Crippen LogP contribution < -0.4 is 0 Å². The van der Waals surface area contributed by atoms with Gasteiger partial charge in [0.25, 0.3) is 0 Å². The maximum absolute atomic E-state index is 11.1. The highest BCUT2D eigenvalue weighted by Crippen LogP contribution is 2.20. The number of hydrogen-bond acceptors (Lipinski definition) is 5. The molecule has 0 saturated carbocycles. The van der Waals surface area contributed by atoms with Gasteiger partial charge in [-0.15, -0.1) is 12.6 Å². The Morgan fingerprint density at radius 3 is 2.47 bits per heavy atom. The normalized spacial score (nSPS) is 14.1. The molecule has 0 aliphatic carbocycles. The van der Waals surface area contributed by atoms with Gasteiger partial charge in [-0.1, -0.05) is 12.1 Å². The molecule has 0 aliphatic rings. The van der Waals surface area contributed by atoms with Crippen molar-refractivity contribution < 1.29 is 19.7 Å². The van der Waals surface area contributed by atoms with Crippen molar-refractivity contribution in [2.75, 3.05) is 6.61 Å². The largest absolute Gasteiger partial charge is 0.466 e. The van der Waals surface area contributed by atoms with Gasteiger partial charge in [0.15, 0.2) is 0 Å². The standard InChI is InChI=1S/C12H16O4S/c1-2-16-11(14)7-10(13)12(15)8-3-5-9(17)6-4-8/h3-6,10,12-13,15,17H,2,7H2,1H3. The SMILES string of the molecule is CCOC(=O)CC(O)C(O)c1ccc(S)cc1. The number of carbonyl (C=O) groups excluding carboxylic acids is 1. The summed E-state index contributed by atoms with van der Waals surface area (Å²) in [6.07, 6.45) is -2.49. The summed E-state index contributed by atoms with van der Waals surface area (Å²) < 4.78 is 4.70. The van der Waals surface area contributed by atoms with Gasteiger partial charge in [0.05, 0.1) is 19.1 Å². The summed E-state index contributed by atoms with van der Waals surface area (Å²) in [4.78, 5) is 11.9. The van der Waals surface area contributed by atoms with Crippen molar-refractivity contribution in [1.29, 1.82) is 0 Å². The predicted molar refractivity (Wildman–Crippen MR) is 65.9 cm³/mol. The van der Waals surface area contributed by atoms with Gasteiger partial charge in [0.2, 0.25) is 0 Å². The number of hydrogen-bond donors (Lipinski definition) is 3. The minimum atomic E-state index is -1.17. The maximum Gasteiger partial charge on any atom is 0.308 e. The molecule has 2 atom stereocenters. The number of ether oxygens (including phenoxy) is 1. The molecule has 0 radical (unpaired) electrons. The molecule has 0 heterocycles. The van der Waals surface area contributed by atoms with Crippen LogP contribution in [0, 0.1) is 0 Å². The molecule has 17 heavy (non-hydrogen) atoms. The minimum absolute atomic E-state index is 0.225. The monoisotopic (exact) mass is 256 g/mol. The van der Waals surface area contributed by atoms with Gasteiger partial charge < -0.3 is 14.9 Å². The Kier molecular flexibility index (Phi) is 5.47. The highest BCUT2D eigenvalue weighted by atomic mass is 32.1. The lowest BCUT2D eigenvalue weighted by Gasteiger charge is -2.17. The van der Waals surface area contributed by atoms with E-state index in [-0.39, 0.29) is 13.0 Å².